The number of aliphatic hydroxyl groups is 1. The zero-order valence-corrected chi connectivity index (χ0v) is 14.7. The van der Waals surface area contributed by atoms with E-state index in [1.54, 1.807) is 24.1 Å². The van der Waals surface area contributed by atoms with Crippen LogP contribution in [0.4, 0.5) is 10.1 Å². The summed E-state index contributed by atoms with van der Waals surface area (Å²) in [4.78, 5) is 14.8. The zero-order chi connectivity index (χ0) is 18.2. The van der Waals surface area contributed by atoms with Gasteiger partial charge in [0.25, 0.3) is 0 Å². The van der Waals surface area contributed by atoms with Crippen LogP contribution in [0.1, 0.15) is 31.0 Å². The summed E-state index contributed by atoms with van der Waals surface area (Å²) in [5, 5.41) is 13.7. The Morgan fingerprint density at radius 3 is 2.60 bits per heavy atom. The van der Waals surface area contributed by atoms with E-state index in [1.807, 2.05) is 38.1 Å². The molecule has 0 unspecified atom stereocenters. The van der Waals surface area contributed by atoms with Crippen LogP contribution in [0.15, 0.2) is 48.5 Å². The van der Waals surface area contributed by atoms with Gasteiger partial charge in [0.05, 0.1) is 17.6 Å². The normalized spacial score (nSPS) is 18.1. The number of likely N-dealkylation sites (N-methyl/N-ethyl adjacent to an activating group) is 1. The van der Waals surface area contributed by atoms with Crippen LogP contribution in [-0.2, 0) is 10.2 Å². The topological polar surface area (TPSA) is 52.6 Å². The second-order valence-corrected chi connectivity index (χ2v) is 6.94. The van der Waals surface area contributed by atoms with Crippen LogP contribution < -0.4 is 10.2 Å². The Hall–Kier alpha value is -2.24. The van der Waals surface area contributed by atoms with E-state index in [0.717, 1.165) is 11.3 Å². The monoisotopic (exact) mass is 342 g/mol. The number of halogens is 1. The first kappa shape index (κ1) is 17.6. The smallest absolute Gasteiger partial charge is 0.237 e. The first-order valence-electron chi connectivity index (χ1n) is 8.39. The van der Waals surface area contributed by atoms with Gasteiger partial charge in [0.15, 0.2) is 0 Å². The van der Waals surface area contributed by atoms with Crippen LogP contribution in [0.5, 0.6) is 0 Å². The van der Waals surface area contributed by atoms with Gasteiger partial charge in [-0.2, -0.15) is 0 Å². The molecular weight excluding hydrogens is 319 g/mol. The maximum absolute atomic E-state index is 13.8. The summed E-state index contributed by atoms with van der Waals surface area (Å²) in [6.45, 7) is 4.04. The number of aliphatic hydroxyl groups excluding tert-OH is 1. The Morgan fingerprint density at radius 2 is 1.92 bits per heavy atom. The van der Waals surface area contributed by atoms with Crippen LogP contribution in [0.3, 0.4) is 0 Å². The highest BCUT2D eigenvalue weighted by Gasteiger charge is 2.47. The van der Waals surface area contributed by atoms with Gasteiger partial charge in [0.2, 0.25) is 5.91 Å². The Morgan fingerprint density at radius 1 is 1.20 bits per heavy atom. The van der Waals surface area contributed by atoms with E-state index in [1.165, 1.54) is 12.1 Å². The Labute approximate surface area is 147 Å². The van der Waals surface area contributed by atoms with Crippen molar-refractivity contribution in [1.82, 2.24) is 5.32 Å². The number of carbonyl (C=O) groups is 1. The number of rotatable bonds is 5. The molecule has 0 spiro atoms. The average molecular weight is 342 g/mol. The van der Waals surface area contributed by atoms with Crippen molar-refractivity contribution < 1.29 is 14.3 Å². The molecule has 25 heavy (non-hydrogen) atoms. The molecule has 0 bridgehead atoms. The number of nitrogens with zero attached hydrogens (tertiary/aromatic N) is 1. The van der Waals surface area contributed by atoms with Crippen molar-refractivity contribution in [3.8, 4) is 0 Å². The lowest BCUT2D eigenvalue weighted by Crippen LogP contribution is -2.45. The molecule has 0 aromatic heterocycles. The molecule has 1 amide bonds. The minimum Gasteiger partial charge on any atom is -0.389 e. The predicted octanol–water partition coefficient (Wildman–Crippen LogP) is 2.77. The minimum absolute atomic E-state index is 0.0990. The van der Waals surface area contributed by atoms with Gasteiger partial charge in [-0.3, -0.25) is 4.79 Å². The molecule has 1 aliphatic rings. The summed E-state index contributed by atoms with van der Waals surface area (Å²) >= 11 is 0. The lowest BCUT2D eigenvalue weighted by atomic mass is 9.86. The molecule has 2 atom stereocenters. The summed E-state index contributed by atoms with van der Waals surface area (Å²) in [5.74, 6) is -0.489. The molecule has 1 heterocycles. The van der Waals surface area contributed by atoms with Gasteiger partial charge < -0.3 is 15.3 Å². The molecule has 3 rings (SSSR count). The van der Waals surface area contributed by atoms with Gasteiger partial charge in [-0.1, -0.05) is 30.3 Å². The van der Waals surface area contributed by atoms with Gasteiger partial charge >= 0.3 is 0 Å². The first-order chi connectivity index (χ1) is 11.9. The van der Waals surface area contributed by atoms with Crippen LogP contribution in [0, 0.1) is 5.82 Å². The Kier molecular flexibility index (Phi) is 4.62. The molecule has 0 saturated heterocycles. The SMILES string of the molecule is CNC[C@@H](O)[C@H](c1cccc(F)c1)N1C(=O)C(C)(C)c2ccccc21. The largest absolute Gasteiger partial charge is 0.389 e. The number of para-hydroxylation sites is 1. The molecule has 0 aliphatic carbocycles. The molecule has 1 aliphatic heterocycles. The highest BCUT2D eigenvalue weighted by Crippen LogP contribution is 2.46. The summed E-state index contributed by atoms with van der Waals surface area (Å²) < 4.78 is 13.8. The number of amides is 1. The maximum Gasteiger partial charge on any atom is 0.237 e. The van der Waals surface area contributed by atoms with Crippen molar-refractivity contribution in [2.45, 2.75) is 31.4 Å². The third-order valence-electron chi connectivity index (χ3n) is 4.84. The maximum atomic E-state index is 13.8. The van der Waals surface area contributed by atoms with Gasteiger partial charge in [0.1, 0.15) is 5.82 Å². The van der Waals surface area contributed by atoms with Gasteiger partial charge in [-0.05, 0) is 50.2 Å². The second kappa shape index (κ2) is 6.58. The molecule has 132 valence electrons. The second-order valence-electron chi connectivity index (χ2n) is 6.94. The van der Waals surface area contributed by atoms with Crippen LogP contribution >= 0.6 is 0 Å². The summed E-state index contributed by atoms with van der Waals surface area (Å²) in [6.07, 6.45) is -0.877. The van der Waals surface area contributed by atoms with Crippen molar-refractivity contribution in [2.24, 2.45) is 0 Å². The number of carbonyl (C=O) groups excluding carboxylic acids is 1. The zero-order valence-electron chi connectivity index (χ0n) is 14.7. The van der Waals surface area contributed by atoms with E-state index < -0.39 is 23.4 Å². The molecular formula is C20H23FN2O2. The number of anilines is 1. The Balaban J connectivity index is 2.15. The first-order valence-corrected chi connectivity index (χ1v) is 8.39. The van der Waals surface area contributed by atoms with Crippen molar-refractivity contribution in [2.75, 3.05) is 18.5 Å². The number of nitrogens with one attached hydrogen (secondary N) is 1. The fourth-order valence-corrected chi connectivity index (χ4v) is 3.57. The molecule has 2 aromatic carbocycles. The quantitative estimate of drug-likeness (QED) is 0.878. The van der Waals surface area contributed by atoms with E-state index in [-0.39, 0.29) is 12.5 Å². The van der Waals surface area contributed by atoms with Crippen LogP contribution in [0.25, 0.3) is 0 Å². The average Bonchev–Trinajstić information content (AvgIpc) is 2.77. The lowest BCUT2D eigenvalue weighted by Gasteiger charge is -2.33. The molecule has 2 aromatic rings. The molecule has 0 fully saturated rings. The molecule has 0 radical (unpaired) electrons. The number of hydrogen-bond acceptors (Lipinski definition) is 3. The van der Waals surface area contributed by atoms with Gasteiger partial charge in [0, 0.05) is 12.2 Å². The molecule has 5 heteroatoms. The number of hydrogen-bond donors (Lipinski definition) is 2. The van der Waals surface area contributed by atoms with Crippen LogP contribution in [0.2, 0.25) is 0 Å². The fourth-order valence-electron chi connectivity index (χ4n) is 3.57. The number of benzene rings is 2. The highest BCUT2D eigenvalue weighted by molar-refractivity contribution is 6.08. The van der Waals surface area contributed by atoms with E-state index in [0.29, 0.717) is 5.56 Å². The minimum atomic E-state index is -0.877. The summed E-state index contributed by atoms with van der Waals surface area (Å²) in [6, 6.07) is 13.0. The van der Waals surface area contributed by atoms with E-state index in [2.05, 4.69) is 5.32 Å². The summed E-state index contributed by atoms with van der Waals surface area (Å²) in [7, 11) is 1.73. The third-order valence-corrected chi connectivity index (χ3v) is 4.84. The fraction of sp³-hybridized carbons (Fsp3) is 0.350. The highest BCUT2D eigenvalue weighted by atomic mass is 19.1. The third kappa shape index (κ3) is 2.94. The van der Waals surface area contributed by atoms with Gasteiger partial charge in [-0.25, -0.2) is 4.39 Å². The van der Waals surface area contributed by atoms with E-state index in [9.17, 15) is 14.3 Å². The molecule has 0 saturated carbocycles. The van der Waals surface area contributed by atoms with Crippen molar-refractivity contribution in [1.29, 1.82) is 0 Å². The van der Waals surface area contributed by atoms with Crippen molar-refractivity contribution in [3.63, 3.8) is 0 Å². The summed E-state index contributed by atoms with van der Waals surface area (Å²) in [5.41, 5.74) is 1.56. The number of fused-ring (bicyclic) bond motifs is 1. The van der Waals surface area contributed by atoms with Crippen molar-refractivity contribution >= 4 is 11.6 Å². The predicted molar refractivity (Wildman–Crippen MR) is 96.0 cm³/mol. The molecule has 4 nitrogen and oxygen atoms in total. The van der Waals surface area contributed by atoms with Crippen LogP contribution in [-0.4, -0.2) is 30.7 Å². The lowest BCUT2D eigenvalue weighted by molar-refractivity contribution is -0.123. The van der Waals surface area contributed by atoms with E-state index in [4.69, 9.17) is 0 Å². The molecule has 2 N–H and O–H groups in total. The van der Waals surface area contributed by atoms with E-state index >= 15 is 0 Å². The van der Waals surface area contributed by atoms with Gasteiger partial charge in [-0.15, -0.1) is 0 Å². The standard InChI is InChI=1S/C20H23FN2O2/c1-20(2)15-9-4-5-10-16(15)23(19(20)25)18(17(24)12-22-3)13-7-6-8-14(21)11-13/h4-11,17-18,22,24H,12H2,1-3H3/t17-,18+/m1/s1. The Bertz CT molecular complexity index is 791. The van der Waals surface area contributed by atoms with Crippen molar-refractivity contribution in [3.05, 3.63) is 65.5 Å².